The van der Waals surface area contributed by atoms with Crippen LogP contribution in [-0.4, -0.2) is 40.4 Å². The maximum Gasteiger partial charge on any atom is 0.0764 e. The number of nitrogens with zero attached hydrogens (tertiary/aromatic N) is 3. The molecule has 1 aliphatic heterocycles. The quantitative estimate of drug-likeness (QED) is 0.806. The van der Waals surface area contributed by atoms with Gasteiger partial charge in [0.1, 0.15) is 0 Å². The molecule has 0 aliphatic carbocycles. The fourth-order valence-corrected chi connectivity index (χ4v) is 2.40. The largest absolute Gasteiger partial charge is 0.315 e. The summed E-state index contributed by atoms with van der Waals surface area (Å²) in [7, 11) is 1.98. The van der Waals surface area contributed by atoms with Crippen LogP contribution in [0.1, 0.15) is 25.5 Å². The molecule has 1 fully saturated rings. The maximum absolute atomic E-state index is 4.44. The fourth-order valence-electron chi connectivity index (χ4n) is 2.40. The first kappa shape index (κ1) is 11.6. The van der Waals surface area contributed by atoms with E-state index < -0.39 is 0 Å². The van der Waals surface area contributed by atoms with Gasteiger partial charge in [-0.3, -0.25) is 9.58 Å². The van der Waals surface area contributed by atoms with Crippen molar-refractivity contribution >= 4 is 0 Å². The van der Waals surface area contributed by atoms with Crippen molar-refractivity contribution in [3.8, 4) is 0 Å². The first-order valence-electron chi connectivity index (χ1n) is 6.23. The lowest BCUT2D eigenvalue weighted by molar-refractivity contribution is 0.237. The van der Waals surface area contributed by atoms with Crippen LogP contribution in [0, 0.1) is 0 Å². The Morgan fingerprint density at radius 3 is 3.12 bits per heavy atom. The summed E-state index contributed by atoms with van der Waals surface area (Å²) in [6, 6.07) is 2.81. The van der Waals surface area contributed by atoms with Gasteiger partial charge in [0.2, 0.25) is 0 Å². The van der Waals surface area contributed by atoms with Gasteiger partial charge in [0.25, 0.3) is 0 Å². The van der Waals surface area contributed by atoms with E-state index >= 15 is 0 Å². The topological polar surface area (TPSA) is 33.1 Å². The van der Waals surface area contributed by atoms with Crippen molar-refractivity contribution in [3.05, 3.63) is 18.0 Å². The Bertz CT molecular complexity index is 321. The monoisotopic (exact) mass is 222 g/mol. The van der Waals surface area contributed by atoms with Crippen molar-refractivity contribution in [2.75, 3.05) is 19.6 Å². The summed E-state index contributed by atoms with van der Waals surface area (Å²) < 4.78 is 1.88. The van der Waals surface area contributed by atoms with Crippen molar-refractivity contribution in [1.82, 2.24) is 20.0 Å². The molecule has 0 radical (unpaired) electrons. The number of aryl methyl sites for hydroxylation is 1. The van der Waals surface area contributed by atoms with Crippen LogP contribution in [0.5, 0.6) is 0 Å². The highest BCUT2D eigenvalue weighted by molar-refractivity contribution is 5.00. The van der Waals surface area contributed by atoms with Gasteiger partial charge in [-0.2, -0.15) is 5.10 Å². The lowest BCUT2D eigenvalue weighted by Gasteiger charge is -2.23. The SMILES string of the molecule is CCNCC1CCCN1Cc1ccn(C)n1. The molecule has 1 N–H and O–H groups in total. The van der Waals surface area contributed by atoms with Gasteiger partial charge in [-0.1, -0.05) is 6.92 Å². The van der Waals surface area contributed by atoms with E-state index in [4.69, 9.17) is 0 Å². The summed E-state index contributed by atoms with van der Waals surface area (Å²) >= 11 is 0. The third-order valence-corrected chi connectivity index (χ3v) is 3.26. The molecule has 2 heterocycles. The molecule has 90 valence electrons. The fraction of sp³-hybridized carbons (Fsp3) is 0.750. The number of likely N-dealkylation sites (tertiary alicyclic amines) is 1. The first-order chi connectivity index (χ1) is 7.79. The molecule has 0 amide bonds. The molecular weight excluding hydrogens is 200 g/mol. The van der Waals surface area contributed by atoms with Crippen LogP contribution >= 0.6 is 0 Å². The van der Waals surface area contributed by atoms with Crippen LogP contribution in [0.2, 0.25) is 0 Å². The minimum Gasteiger partial charge on any atom is -0.315 e. The molecule has 2 rings (SSSR count). The molecule has 1 saturated heterocycles. The highest BCUT2D eigenvalue weighted by Gasteiger charge is 2.24. The normalized spacial score (nSPS) is 21.8. The third-order valence-electron chi connectivity index (χ3n) is 3.26. The number of likely N-dealkylation sites (N-methyl/N-ethyl adjacent to an activating group) is 1. The second kappa shape index (κ2) is 5.46. The maximum atomic E-state index is 4.44. The van der Waals surface area contributed by atoms with Crippen LogP contribution < -0.4 is 5.32 Å². The zero-order valence-corrected chi connectivity index (χ0v) is 10.3. The van der Waals surface area contributed by atoms with E-state index in [9.17, 15) is 0 Å². The Hall–Kier alpha value is -0.870. The predicted molar refractivity (Wildman–Crippen MR) is 65.2 cm³/mol. The summed E-state index contributed by atoms with van der Waals surface area (Å²) in [5.41, 5.74) is 1.19. The van der Waals surface area contributed by atoms with Gasteiger partial charge >= 0.3 is 0 Å². The second-order valence-corrected chi connectivity index (χ2v) is 4.55. The zero-order chi connectivity index (χ0) is 11.4. The number of hydrogen-bond donors (Lipinski definition) is 1. The van der Waals surface area contributed by atoms with Gasteiger partial charge in [0.15, 0.2) is 0 Å². The van der Waals surface area contributed by atoms with Gasteiger partial charge in [-0.05, 0) is 32.0 Å². The number of aromatic nitrogens is 2. The lowest BCUT2D eigenvalue weighted by atomic mass is 10.2. The van der Waals surface area contributed by atoms with Crippen molar-refractivity contribution in [2.24, 2.45) is 7.05 Å². The number of hydrogen-bond acceptors (Lipinski definition) is 3. The molecule has 1 aliphatic rings. The summed E-state index contributed by atoms with van der Waals surface area (Å²) in [4.78, 5) is 2.55. The highest BCUT2D eigenvalue weighted by Crippen LogP contribution is 2.18. The second-order valence-electron chi connectivity index (χ2n) is 4.55. The average Bonchev–Trinajstić information content (AvgIpc) is 2.86. The van der Waals surface area contributed by atoms with Crippen molar-refractivity contribution in [3.63, 3.8) is 0 Å². The third kappa shape index (κ3) is 2.83. The van der Waals surface area contributed by atoms with E-state index in [1.807, 2.05) is 17.9 Å². The predicted octanol–water partition coefficient (Wildman–Crippen LogP) is 0.994. The van der Waals surface area contributed by atoms with Crippen molar-refractivity contribution in [2.45, 2.75) is 32.4 Å². The number of nitrogens with one attached hydrogen (secondary N) is 1. The Kier molecular flexibility index (Phi) is 3.96. The number of rotatable bonds is 5. The van der Waals surface area contributed by atoms with E-state index in [2.05, 4.69) is 28.3 Å². The standard InChI is InChI=1S/C12H22N4/c1-3-13-9-12-5-4-7-16(12)10-11-6-8-15(2)14-11/h6,8,12-13H,3-5,7,9-10H2,1-2H3. The van der Waals surface area contributed by atoms with Crippen LogP contribution in [-0.2, 0) is 13.6 Å². The summed E-state index contributed by atoms with van der Waals surface area (Å²) in [5, 5.41) is 7.89. The molecule has 0 saturated carbocycles. The van der Waals surface area contributed by atoms with Gasteiger partial charge in [-0.15, -0.1) is 0 Å². The molecular formula is C12H22N4. The van der Waals surface area contributed by atoms with E-state index in [0.29, 0.717) is 6.04 Å². The molecule has 1 atom stereocenters. The van der Waals surface area contributed by atoms with Gasteiger partial charge in [0, 0.05) is 32.4 Å². The Morgan fingerprint density at radius 2 is 2.44 bits per heavy atom. The minimum absolute atomic E-state index is 0.696. The zero-order valence-electron chi connectivity index (χ0n) is 10.3. The summed E-state index contributed by atoms with van der Waals surface area (Å²) in [6.07, 6.45) is 4.66. The van der Waals surface area contributed by atoms with Crippen LogP contribution in [0.15, 0.2) is 12.3 Å². The Balaban J connectivity index is 1.88. The van der Waals surface area contributed by atoms with Crippen molar-refractivity contribution < 1.29 is 0 Å². The molecule has 0 aromatic carbocycles. The van der Waals surface area contributed by atoms with E-state index in [1.165, 1.54) is 25.1 Å². The van der Waals surface area contributed by atoms with Crippen LogP contribution in [0.3, 0.4) is 0 Å². The van der Waals surface area contributed by atoms with Crippen molar-refractivity contribution in [1.29, 1.82) is 0 Å². The average molecular weight is 222 g/mol. The molecule has 1 aromatic rings. The highest BCUT2D eigenvalue weighted by atomic mass is 15.3. The minimum atomic E-state index is 0.696. The first-order valence-corrected chi connectivity index (χ1v) is 6.23. The van der Waals surface area contributed by atoms with E-state index in [0.717, 1.165) is 19.6 Å². The molecule has 4 heteroatoms. The molecule has 4 nitrogen and oxygen atoms in total. The Morgan fingerprint density at radius 1 is 1.56 bits per heavy atom. The van der Waals surface area contributed by atoms with Gasteiger partial charge < -0.3 is 5.32 Å². The molecule has 1 unspecified atom stereocenters. The van der Waals surface area contributed by atoms with Gasteiger partial charge in [0.05, 0.1) is 5.69 Å². The lowest BCUT2D eigenvalue weighted by Crippen LogP contribution is -2.37. The van der Waals surface area contributed by atoms with Gasteiger partial charge in [-0.25, -0.2) is 0 Å². The van der Waals surface area contributed by atoms with Crippen LogP contribution in [0.25, 0.3) is 0 Å². The molecule has 0 spiro atoms. The smallest absolute Gasteiger partial charge is 0.0764 e. The summed E-state index contributed by atoms with van der Waals surface area (Å²) in [6.45, 7) is 6.55. The Labute approximate surface area is 97.6 Å². The molecule has 16 heavy (non-hydrogen) atoms. The van der Waals surface area contributed by atoms with E-state index in [-0.39, 0.29) is 0 Å². The summed E-state index contributed by atoms with van der Waals surface area (Å²) in [5.74, 6) is 0. The van der Waals surface area contributed by atoms with Crippen LogP contribution in [0.4, 0.5) is 0 Å². The molecule has 0 bridgehead atoms. The molecule has 1 aromatic heterocycles. The van der Waals surface area contributed by atoms with E-state index in [1.54, 1.807) is 0 Å².